The average molecular weight is 576 g/mol. The van der Waals surface area contributed by atoms with E-state index in [9.17, 15) is 15.0 Å². The number of hydrogen-bond donors (Lipinski definition) is 2. The Labute approximate surface area is 253 Å². The Morgan fingerprint density at radius 2 is 1.76 bits per heavy atom. The minimum atomic E-state index is -0.220. The van der Waals surface area contributed by atoms with Crippen molar-refractivity contribution in [3.63, 3.8) is 0 Å². The Morgan fingerprint density at radius 1 is 1.00 bits per heavy atom. The Morgan fingerprint density at radius 3 is 2.55 bits per heavy atom. The molecule has 5 nitrogen and oxygen atoms in total. The first-order valence-corrected chi connectivity index (χ1v) is 16.8. The molecule has 3 aliphatic carbocycles. The summed E-state index contributed by atoms with van der Waals surface area (Å²) in [5.74, 6) is 3.47. The smallest absolute Gasteiger partial charge is 0.222 e. The SMILES string of the molecule is CCCCN(C)C(=O)CCCCCCCOc1ccc([C@H]2C[C@]3(C)[C@@H](O)CC[C@H]3[C@@H]3CCc4cc(O)ccc4[C@H]32)cc1. The maximum Gasteiger partial charge on any atom is 0.222 e. The summed E-state index contributed by atoms with van der Waals surface area (Å²) in [4.78, 5) is 14.0. The van der Waals surface area contributed by atoms with E-state index in [0.717, 1.165) is 96.0 Å². The van der Waals surface area contributed by atoms with E-state index in [4.69, 9.17) is 4.74 Å². The minimum absolute atomic E-state index is 0.0340. The number of ether oxygens (including phenoxy) is 1. The van der Waals surface area contributed by atoms with E-state index in [2.05, 4.69) is 44.2 Å². The van der Waals surface area contributed by atoms with E-state index in [1.807, 2.05) is 24.1 Å². The van der Waals surface area contributed by atoms with Crippen molar-refractivity contribution >= 4 is 5.91 Å². The van der Waals surface area contributed by atoms with Gasteiger partial charge in [0.1, 0.15) is 11.5 Å². The zero-order valence-electron chi connectivity index (χ0n) is 26.2. The summed E-state index contributed by atoms with van der Waals surface area (Å²) in [5.41, 5.74) is 4.01. The molecule has 2 saturated carbocycles. The number of hydrogen-bond acceptors (Lipinski definition) is 4. The second kappa shape index (κ2) is 13.8. The highest BCUT2D eigenvalue weighted by Crippen LogP contribution is 2.65. The summed E-state index contributed by atoms with van der Waals surface area (Å²) in [6.07, 6.45) is 13.2. The number of fused-ring (bicyclic) bond motifs is 5. The molecule has 2 aromatic rings. The lowest BCUT2D eigenvalue weighted by molar-refractivity contribution is -0.130. The van der Waals surface area contributed by atoms with Crippen molar-refractivity contribution in [1.29, 1.82) is 0 Å². The van der Waals surface area contributed by atoms with E-state index < -0.39 is 0 Å². The third-order valence-electron chi connectivity index (χ3n) is 11.0. The molecule has 2 fully saturated rings. The van der Waals surface area contributed by atoms with Crippen LogP contribution in [0.25, 0.3) is 0 Å². The second-order valence-electron chi connectivity index (χ2n) is 13.7. The third kappa shape index (κ3) is 6.67. The number of amides is 1. The van der Waals surface area contributed by atoms with Gasteiger partial charge in [-0.05, 0) is 121 Å². The molecule has 1 amide bonds. The van der Waals surface area contributed by atoms with Crippen LogP contribution in [0.4, 0.5) is 0 Å². The number of rotatable bonds is 13. The van der Waals surface area contributed by atoms with E-state index in [1.165, 1.54) is 16.7 Å². The number of aromatic hydroxyl groups is 1. The lowest BCUT2D eigenvalue weighted by Gasteiger charge is -2.54. The zero-order valence-corrected chi connectivity index (χ0v) is 26.2. The van der Waals surface area contributed by atoms with Gasteiger partial charge in [0.05, 0.1) is 12.7 Å². The number of aliphatic hydroxyl groups excluding tert-OH is 1. The number of aryl methyl sites for hydroxylation is 1. The standard InChI is InChI=1S/C37H53NO4/c1-4-5-22-38(3)35(41)11-9-7-6-8-10-23-42-29-16-12-26(13-17-29)32-25-37(2)33(20-21-34(37)40)31-18-14-27-24-28(39)15-19-30(27)36(31)32/h12-13,15-17,19,24,31-34,36,39-40H,4-11,14,18,20-23,25H2,1-3H3/t31-,32+,33-,34-,36+,37-/m0/s1. The van der Waals surface area contributed by atoms with Crippen molar-refractivity contribution in [1.82, 2.24) is 4.90 Å². The molecule has 2 aromatic carbocycles. The predicted molar refractivity (Wildman–Crippen MR) is 169 cm³/mol. The molecule has 3 aliphatic rings. The highest BCUT2D eigenvalue weighted by atomic mass is 16.5. The van der Waals surface area contributed by atoms with Gasteiger partial charge in [-0.25, -0.2) is 0 Å². The molecule has 2 N–H and O–H groups in total. The van der Waals surface area contributed by atoms with Crippen LogP contribution in [-0.4, -0.2) is 47.3 Å². The molecule has 42 heavy (non-hydrogen) atoms. The van der Waals surface area contributed by atoms with Crippen LogP contribution in [0.3, 0.4) is 0 Å². The van der Waals surface area contributed by atoms with Gasteiger partial charge in [-0.3, -0.25) is 4.79 Å². The number of nitrogens with zero attached hydrogens (tertiary/aromatic N) is 1. The summed E-state index contributed by atoms with van der Waals surface area (Å²) in [6.45, 7) is 6.09. The van der Waals surface area contributed by atoms with Gasteiger partial charge in [0.15, 0.2) is 0 Å². The average Bonchev–Trinajstić information content (AvgIpc) is 3.30. The van der Waals surface area contributed by atoms with Crippen LogP contribution >= 0.6 is 0 Å². The van der Waals surface area contributed by atoms with Gasteiger partial charge in [-0.1, -0.05) is 57.7 Å². The van der Waals surface area contributed by atoms with Crippen LogP contribution in [0.15, 0.2) is 42.5 Å². The number of carbonyl (C=O) groups excluding carboxylic acids is 1. The molecule has 6 atom stereocenters. The van der Waals surface area contributed by atoms with Gasteiger partial charge < -0.3 is 19.8 Å². The summed E-state index contributed by atoms with van der Waals surface area (Å²) in [6, 6.07) is 14.8. The number of unbranched alkanes of at least 4 members (excludes halogenated alkanes) is 5. The molecule has 0 radical (unpaired) electrons. The fraction of sp³-hybridized carbons (Fsp3) is 0.649. The fourth-order valence-corrected chi connectivity index (χ4v) is 8.61. The zero-order chi connectivity index (χ0) is 29.7. The molecule has 0 spiro atoms. The second-order valence-corrected chi connectivity index (χ2v) is 13.7. The Hall–Kier alpha value is -2.53. The van der Waals surface area contributed by atoms with Crippen molar-refractivity contribution in [3.8, 4) is 11.5 Å². The molecular formula is C37H53NO4. The number of carbonyl (C=O) groups is 1. The molecule has 0 unspecified atom stereocenters. The van der Waals surface area contributed by atoms with Crippen LogP contribution in [0.1, 0.15) is 119 Å². The molecule has 5 rings (SSSR count). The molecule has 230 valence electrons. The molecule has 0 heterocycles. The molecule has 0 aromatic heterocycles. The van der Waals surface area contributed by atoms with Crippen molar-refractivity contribution in [2.75, 3.05) is 20.2 Å². The van der Waals surface area contributed by atoms with Crippen molar-refractivity contribution in [2.24, 2.45) is 17.3 Å². The maximum atomic E-state index is 12.2. The van der Waals surface area contributed by atoms with Gasteiger partial charge in [-0.2, -0.15) is 0 Å². The first-order valence-electron chi connectivity index (χ1n) is 16.8. The lowest BCUT2D eigenvalue weighted by Crippen LogP contribution is -2.47. The van der Waals surface area contributed by atoms with Crippen molar-refractivity contribution in [3.05, 3.63) is 59.2 Å². The van der Waals surface area contributed by atoms with Crippen molar-refractivity contribution in [2.45, 2.75) is 115 Å². The molecule has 0 aliphatic heterocycles. The summed E-state index contributed by atoms with van der Waals surface area (Å²) in [5, 5.41) is 21.3. The quantitative estimate of drug-likeness (QED) is 0.238. The van der Waals surface area contributed by atoms with Gasteiger partial charge in [0.25, 0.3) is 0 Å². The summed E-state index contributed by atoms with van der Waals surface area (Å²) >= 11 is 0. The minimum Gasteiger partial charge on any atom is -0.508 e. The highest BCUT2D eigenvalue weighted by Gasteiger charge is 2.57. The molecule has 0 saturated heterocycles. The predicted octanol–water partition coefficient (Wildman–Crippen LogP) is 7.98. The van der Waals surface area contributed by atoms with Crippen LogP contribution in [0.2, 0.25) is 0 Å². The fourth-order valence-electron chi connectivity index (χ4n) is 8.61. The molecular weight excluding hydrogens is 522 g/mol. The topological polar surface area (TPSA) is 70.0 Å². The van der Waals surface area contributed by atoms with E-state index in [-0.39, 0.29) is 17.4 Å². The highest BCUT2D eigenvalue weighted by molar-refractivity contribution is 5.75. The Bertz CT molecular complexity index is 1180. The maximum absolute atomic E-state index is 12.2. The van der Waals surface area contributed by atoms with Crippen LogP contribution in [-0.2, 0) is 11.2 Å². The van der Waals surface area contributed by atoms with E-state index >= 15 is 0 Å². The van der Waals surface area contributed by atoms with Gasteiger partial charge in [-0.15, -0.1) is 0 Å². The van der Waals surface area contributed by atoms with Gasteiger partial charge in [0.2, 0.25) is 5.91 Å². The molecule has 5 heteroatoms. The number of aliphatic hydroxyl groups is 1. The first kappa shape index (κ1) is 30.9. The van der Waals surface area contributed by atoms with Crippen LogP contribution < -0.4 is 4.74 Å². The first-order chi connectivity index (χ1) is 20.3. The third-order valence-corrected chi connectivity index (χ3v) is 11.0. The summed E-state index contributed by atoms with van der Waals surface area (Å²) < 4.78 is 6.12. The largest absolute Gasteiger partial charge is 0.508 e. The monoisotopic (exact) mass is 575 g/mol. The van der Waals surface area contributed by atoms with E-state index in [0.29, 0.717) is 35.8 Å². The van der Waals surface area contributed by atoms with Gasteiger partial charge in [0, 0.05) is 20.0 Å². The van der Waals surface area contributed by atoms with Crippen molar-refractivity contribution < 1.29 is 19.7 Å². The van der Waals surface area contributed by atoms with Crippen LogP contribution in [0.5, 0.6) is 11.5 Å². The number of benzene rings is 2. The Balaban J connectivity index is 1.14. The molecule has 0 bridgehead atoms. The van der Waals surface area contributed by atoms with E-state index in [1.54, 1.807) is 0 Å². The normalized spacial score (nSPS) is 28.0. The lowest BCUT2D eigenvalue weighted by atomic mass is 9.51. The van der Waals surface area contributed by atoms with Crippen LogP contribution in [0, 0.1) is 17.3 Å². The Kier molecular flexibility index (Phi) is 10.2. The number of phenols is 1. The summed E-state index contributed by atoms with van der Waals surface area (Å²) in [7, 11) is 1.92. The number of phenolic OH excluding ortho intramolecular Hbond substituents is 1. The van der Waals surface area contributed by atoms with Gasteiger partial charge >= 0.3 is 0 Å².